The van der Waals surface area contributed by atoms with Gasteiger partial charge < -0.3 is 14.8 Å². The van der Waals surface area contributed by atoms with Crippen LogP contribution in [-0.4, -0.2) is 34.1 Å². The molecular weight excluding hydrogens is 426 g/mol. The number of ether oxygens (including phenoxy) is 1. The van der Waals surface area contributed by atoms with Crippen molar-refractivity contribution in [2.24, 2.45) is 35.5 Å². The Morgan fingerprint density at radius 1 is 1.24 bits per heavy atom. The minimum atomic E-state index is -0.799. The molecule has 8 atom stereocenters. The van der Waals surface area contributed by atoms with Crippen LogP contribution in [-0.2, 0) is 9.53 Å². The van der Waals surface area contributed by atoms with Crippen molar-refractivity contribution in [3.05, 3.63) is 60.0 Å². The predicted octanol–water partition coefficient (Wildman–Crippen LogP) is 6.21. The molecule has 0 aromatic carbocycles. The van der Waals surface area contributed by atoms with Gasteiger partial charge in [-0.05, 0) is 74.5 Å². The van der Waals surface area contributed by atoms with Crippen molar-refractivity contribution in [3.8, 4) is 0 Å². The Balaban J connectivity index is 1.53. The van der Waals surface area contributed by atoms with Gasteiger partial charge >= 0.3 is 5.97 Å². The normalized spacial score (nSPS) is 34.8. The fourth-order valence-corrected chi connectivity index (χ4v) is 6.26. The molecule has 0 bridgehead atoms. The number of aromatic nitrogens is 1. The molecular formula is C29H39NO4. The maximum atomic E-state index is 13.4. The number of carbonyl (C=O) groups is 2. The Morgan fingerprint density at radius 2 is 2.06 bits per heavy atom. The molecule has 1 aliphatic heterocycles. The molecule has 4 rings (SSSR count). The molecule has 34 heavy (non-hydrogen) atoms. The van der Waals surface area contributed by atoms with Crippen molar-refractivity contribution in [2.45, 2.75) is 71.5 Å². The summed E-state index contributed by atoms with van der Waals surface area (Å²) in [4.78, 5) is 28.0. The van der Waals surface area contributed by atoms with E-state index >= 15 is 0 Å². The minimum Gasteiger partial charge on any atom is -0.481 e. The van der Waals surface area contributed by atoms with E-state index in [1.165, 1.54) is 18.4 Å². The van der Waals surface area contributed by atoms with Gasteiger partial charge in [0.25, 0.3) is 0 Å². The quantitative estimate of drug-likeness (QED) is 0.272. The second kappa shape index (κ2) is 10.9. The van der Waals surface area contributed by atoms with Gasteiger partial charge in [0, 0.05) is 18.0 Å². The van der Waals surface area contributed by atoms with E-state index in [2.05, 4.69) is 49.2 Å². The van der Waals surface area contributed by atoms with Crippen LogP contribution in [0, 0.1) is 35.5 Å². The van der Waals surface area contributed by atoms with Gasteiger partial charge in [0.2, 0.25) is 0 Å². The summed E-state index contributed by atoms with van der Waals surface area (Å²) >= 11 is 0. The zero-order valence-electron chi connectivity index (χ0n) is 20.7. The monoisotopic (exact) mass is 465 g/mol. The third kappa shape index (κ3) is 5.14. The molecule has 3 aliphatic rings. The second-order valence-electron chi connectivity index (χ2n) is 10.5. The average molecular weight is 466 g/mol. The third-order valence-corrected chi connectivity index (χ3v) is 8.36. The number of allylic oxidation sites excluding steroid dienone is 5. The molecule has 2 N–H and O–H groups in total. The topological polar surface area (TPSA) is 79.4 Å². The number of aromatic amines is 1. The first kappa shape index (κ1) is 24.7. The van der Waals surface area contributed by atoms with Gasteiger partial charge in [-0.3, -0.25) is 9.59 Å². The van der Waals surface area contributed by atoms with Crippen molar-refractivity contribution in [1.29, 1.82) is 0 Å². The highest BCUT2D eigenvalue weighted by Gasteiger charge is 2.42. The zero-order valence-corrected chi connectivity index (χ0v) is 20.7. The van der Waals surface area contributed by atoms with Crippen molar-refractivity contribution in [1.82, 2.24) is 4.98 Å². The van der Waals surface area contributed by atoms with Gasteiger partial charge in [-0.25, -0.2) is 0 Å². The number of carboxylic acids is 1. The number of carbonyl (C=O) groups excluding carboxylic acids is 1. The molecule has 184 valence electrons. The molecule has 1 aromatic heterocycles. The van der Waals surface area contributed by atoms with E-state index in [0.29, 0.717) is 23.4 Å². The maximum Gasteiger partial charge on any atom is 0.308 e. The maximum absolute atomic E-state index is 13.4. The molecule has 2 fully saturated rings. The first-order valence-corrected chi connectivity index (χ1v) is 13.0. The van der Waals surface area contributed by atoms with E-state index in [1.807, 2.05) is 18.3 Å². The number of ketones is 1. The SMILES string of the molecule is CC/C(=C\C=C\[C@@H]1C=C[C@@H]2CCC[C@@H]2[C@@H]1C(=O)c1ccc[nH]1)[C@@H]1O[C@H]([C@H](C)C(=O)O)CC[C@@H]1C. The number of fused-ring (bicyclic) bond motifs is 1. The first-order valence-electron chi connectivity index (χ1n) is 13.0. The lowest BCUT2D eigenvalue weighted by atomic mass is 9.69. The predicted molar refractivity (Wildman–Crippen MR) is 133 cm³/mol. The van der Waals surface area contributed by atoms with Gasteiger partial charge in [0.15, 0.2) is 5.78 Å². The van der Waals surface area contributed by atoms with Crippen LogP contribution in [0.25, 0.3) is 0 Å². The summed E-state index contributed by atoms with van der Waals surface area (Å²) in [5.74, 6) is 0.237. The van der Waals surface area contributed by atoms with E-state index in [0.717, 1.165) is 25.7 Å². The summed E-state index contributed by atoms with van der Waals surface area (Å²) in [7, 11) is 0. The molecule has 2 heterocycles. The van der Waals surface area contributed by atoms with E-state index in [9.17, 15) is 14.7 Å². The second-order valence-corrected chi connectivity index (χ2v) is 10.5. The van der Waals surface area contributed by atoms with Crippen LogP contribution in [0.3, 0.4) is 0 Å². The number of hydrogen-bond acceptors (Lipinski definition) is 3. The molecule has 5 heteroatoms. The Bertz CT molecular complexity index is 943. The molecule has 1 saturated heterocycles. The van der Waals surface area contributed by atoms with Gasteiger partial charge in [-0.15, -0.1) is 0 Å². The summed E-state index contributed by atoms with van der Waals surface area (Å²) in [6, 6.07) is 3.78. The lowest BCUT2D eigenvalue weighted by Gasteiger charge is -2.37. The molecule has 1 saturated carbocycles. The molecule has 5 nitrogen and oxygen atoms in total. The van der Waals surface area contributed by atoms with Crippen molar-refractivity contribution in [3.63, 3.8) is 0 Å². The average Bonchev–Trinajstić information content (AvgIpc) is 3.53. The fourth-order valence-electron chi connectivity index (χ4n) is 6.26. The number of carboxylic acid groups (broad SMARTS) is 1. The number of aliphatic carboxylic acids is 1. The Hall–Kier alpha value is -2.40. The van der Waals surface area contributed by atoms with Gasteiger partial charge in [0.1, 0.15) is 0 Å². The zero-order chi connectivity index (χ0) is 24.2. The summed E-state index contributed by atoms with van der Waals surface area (Å²) in [5.41, 5.74) is 1.90. The van der Waals surface area contributed by atoms with Crippen molar-refractivity contribution >= 4 is 11.8 Å². The molecule has 0 spiro atoms. The number of rotatable bonds is 8. The third-order valence-electron chi connectivity index (χ3n) is 8.36. The summed E-state index contributed by atoms with van der Waals surface area (Å²) in [5, 5.41) is 9.43. The van der Waals surface area contributed by atoms with E-state index < -0.39 is 11.9 Å². The first-order chi connectivity index (χ1) is 16.4. The van der Waals surface area contributed by atoms with Crippen LogP contribution in [0.5, 0.6) is 0 Å². The summed E-state index contributed by atoms with van der Waals surface area (Å²) in [6.45, 7) is 6.05. The number of H-pyrrole nitrogens is 1. The lowest BCUT2D eigenvalue weighted by molar-refractivity contribution is -0.152. The van der Waals surface area contributed by atoms with Crippen molar-refractivity contribution < 1.29 is 19.4 Å². The van der Waals surface area contributed by atoms with Gasteiger partial charge in [0.05, 0.1) is 23.8 Å². The van der Waals surface area contributed by atoms with Crippen LogP contribution in [0.4, 0.5) is 0 Å². The number of Topliss-reactive ketones (excluding diaryl/α,β-unsaturated/α-hetero) is 1. The van der Waals surface area contributed by atoms with Crippen LogP contribution >= 0.6 is 0 Å². The number of hydrogen-bond donors (Lipinski definition) is 2. The minimum absolute atomic E-state index is 0.0310. The highest BCUT2D eigenvalue weighted by atomic mass is 16.5. The number of nitrogens with one attached hydrogen (secondary N) is 1. The van der Waals surface area contributed by atoms with E-state index in [-0.39, 0.29) is 29.8 Å². The van der Waals surface area contributed by atoms with Crippen molar-refractivity contribution in [2.75, 3.05) is 0 Å². The van der Waals surface area contributed by atoms with Gasteiger partial charge in [-0.1, -0.05) is 50.6 Å². The standard InChI is InChI=1S/C29H39NO4/c1-4-20(28-18(2)13-16-25(34-28)19(3)29(32)33)8-5-10-22-15-14-21-9-6-11-23(21)26(22)27(31)24-12-7-17-30-24/h5,7-8,10,12,14-15,17-19,21-23,25-26,28,30H,4,6,9,11,13,16H2,1-3H3,(H,32,33)/b10-5+,20-8+/t18-,19-,21-,22+,23-,25-,26+,28+/m0/s1. The largest absolute Gasteiger partial charge is 0.481 e. The summed E-state index contributed by atoms with van der Waals surface area (Å²) < 4.78 is 6.33. The van der Waals surface area contributed by atoms with Crippen LogP contribution in [0.2, 0.25) is 0 Å². The molecule has 1 aromatic rings. The Morgan fingerprint density at radius 3 is 2.76 bits per heavy atom. The molecule has 0 radical (unpaired) electrons. The highest BCUT2D eigenvalue weighted by molar-refractivity contribution is 5.97. The Labute approximate surface area is 203 Å². The Kier molecular flexibility index (Phi) is 7.92. The molecule has 0 amide bonds. The lowest BCUT2D eigenvalue weighted by Crippen LogP contribution is -2.40. The van der Waals surface area contributed by atoms with Crippen LogP contribution in [0.15, 0.2) is 54.3 Å². The highest BCUT2D eigenvalue weighted by Crippen LogP contribution is 2.46. The van der Waals surface area contributed by atoms with E-state index in [1.54, 1.807) is 6.92 Å². The van der Waals surface area contributed by atoms with E-state index in [4.69, 9.17) is 4.74 Å². The molecule has 0 unspecified atom stereocenters. The molecule has 2 aliphatic carbocycles. The van der Waals surface area contributed by atoms with Crippen LogP contribution < -0.4 is 0 Å². The van der Waals surface area contributed by atoms with Gasteiger partial charge in [-0.2, -0.15) is 0 Å². The smallest absolute Gasteiger partial charge is 0.308 e. The fraction of sp³-hybridized carbons (Fsp3) is 0.586. The summed E-state index contributed by atoms with van der Waals surface area (Å²) in [6.07, 6.45) is 18.6. The van der Waals surface area contributed by atoms with Crippen LogP contribution in [0.1, 0.15) is 69.8 Å².